The van der Waals surface area contributed by atoms with Gasteiger partial charge in [-0.1, -0.05) is 0 Å². The summed E-state index contributed by atoms with van der Waals surface area (Å²) in [6.07, 6.45) is 1.46. The van der Waals surface area contributed by atoms with E-state index in [1.165, 1.54) is 0 Å². The molecule has 0 aromatic heterocycles. The maximum Gasteiger partial charge on any atom is 0.357 e. The molecule has 0 amide bonds. The largest absolute Gasteiger partial charge is 0.691 e. The van der Waals surface area contributed by atoms with Crippen LogP contribution in [0.15, 0.2) is 0 Å². The fraction of sp³-hybridized carbons (Fsp3) is 0.800. The Morgan fingerprint density at radius 1 is 1.56 bits per heavy atom. The van der Waals surface area contributed by atoms with Gasteiger partial charge in [0, 0.05) is 11.8 Å². The monoisotopic (exact) mass is 279 g/mol. The normalized spacial score (nSPS) is 33.5. The highest BCUT2D eigenvalue weighted by Gasteiger charge is 2.51. The topological polar surface area (TPSA) is 84.9 Å². The quantitative estimate of drug-likeness (QED) is 0.313. The van der Waals surface area contributed by atoms with E-state index in [2.05, 4.69) is 9.37 Å². The molecule has 102 valence electrons. The molecule has 0 aromatic rings. The van der Waals surface area contributed by atoms with Crippen LogP contribution in [0.25, 0.3) is 0 Å². The fourth-order valence-electron chi connectivity index (χ4n) is 2.50. The maximum atomic E-state index is 13.7. The van der Waals surface area contributed by atoms with E-state index in [0.717, 1.165) is 19.8 Å². The zero-order chi connectivity index (χ0) is 13.3. The summed E-state index contributed by atoms with van der Waals surface area (Å²) in [7, 11) is 0. The number of carbonyl (C=O) groups excluding carboxylic acids is 2. The molecular weight excluding hydrogens is 267 g/mol. The summed E-state index contributed by atoms with van der Waals surface area (Å²) in [4.78, 5) is 23.3. The number of halogens is 1. The minimum Gasteiger partial charge on any atom is -0.691 e. The van der Waals surface area contributed by atoms with Crippen LogP contribution in [-0.4, -0.2) is 22.9 Å². The molecule has 2 bridgehead atoms. The first kappa shape index (κ1) is 13.7. The van der Waals surface area contributed by atoms with Gasteiger partial charge in [-0.05, 0) is 26.2 Å². The first-order valence-electron chi connectivity index (χ1n) is 5.53. The van der Waals surface area contributed by atoms with E-state index < -0.39 is 17.1 Å². The second-order valence-electron chi connectivity index (χ2n) is 4.63. The number of ether oxygens (including phenoxy) is 1. The van der Waals surface area contributed by atoms with Crippen LogP contribution in [0.5, 0.6) is 0 Å². The Hall–Kier alpha value is -0.700. The number of rotatable bonds is 5. The van der Waals surface area contributed by atoms with Gasteiger partial charge in [-0.2, -0.15) is 4.33 Å². The molecule has 0 radical (unpaired) electrons. The summed E-state index contributed by atoms with van der Waals surface area (Å²) in [6, 6.07) is 0. The average molecular weight is 279 g/mol. The summed E-state index contributed by atoms with van der Waals surface area (Å²) in [5.74, 6) is -1.45. The van der Waals surface area contributed by atoms with Gasteiger partial charge >= 0.3 is 5.97 Å². The van der Waals surface area contributed by atoms with Crippen molar-refractivity contribution in [3.63, 3.8) is 0 Å². The molecule has 2 aliphatic rings. The molecule has 18 heavy (non-hydrogen) atoms. The summed E-state index contributed by atoms with van der Waals surface area (Å²) in [6.45, 7) is 0.872. The van der Waals surface area contributed by atoms with Gasteiger partial charge in [0.1, 0.15) is 0 Å². The van der Waals surface area contributed by atoms with Crippen LogP contribution in [0.3, 0.4) is 0 Å². The van der Waals surface area contributed by atoms with Gasteiger partial charge in [-0.3, -0.25) is 9.83 Å². The van der Waals surface area contributed by atoms with Crippen molar-refractivity contribution in [2.75, 3.05) is 0 Å². The first-order valence-corrected chi connectivity index (χ1v) is 6.28. The van der Waals surface area contributed by atoms with Gasteiger partial charge in [0.15, 0.2) is 11.9 Å². The van der Waals surface area contributed by atoms with Crippen LogP contribution in [-0.2, 0) is 23.7 Å². The van der Waals surface area contributed by atoms with E-state index in [9.17, 15) is 19.2 Å². The number of fused-ring (bicyclic) bond motifs is 2. The van der Waals surface area contributed by atoms with Crippen molar-refractivity contribution in [3.8, 4) is 0 Å². The molecular formula is C10H12FO6S-. The lowest BCUT2D eigenvalue weighted by molar-refractivity contribution is -0.777. The number of hydrogen-bond acceptors (Lipinski definition) is 7. The van der Waals surface area contributed by atoms with Crippen LogP contribution in [0.1, 0.15) is 26.2 Å². The average Bonchev–Trinajstić information content (AvgIpc) is 2.90. The standard InChI is InChI=1S/C10H13FO6S/c1-10(11,18-17-16-14)9(13)15-8-6-3-2-5(4-6)7(8)12/h5-6,8,14H,2-4H2,1H3/p-1. The van der Waals surface area contributed by atoms with Crippen LogP contribution in [0.4, 0.5) is 4.39 Å². The van der Waals surface area contributed by atoms with Crippen molar-refractivity contribution in [2.24, 2.45) is 11.8 Å². The van der Waals surface area contributed by atoms with Crippen LogP contribution in [0, 0.1) is 11.8 Å². The van der Waals surface area contributed by atoms with E-state index in [1.807, 2.05) is 0 Å². The molecule has 0 heterocycles. The smallest absolute Gasteiger partial charge is 0.357 e. The highest BCUT2D eigenvalue weighted by molar-refractivity contribution is 7.96. The molecule has 4 unspecified atom stereocenters. The Morgan fingerprint density at radius 3 is 2.83 bits per heavy atom. The van der Waals surface area contributed by atoms with E-state index in [0.29, 0.717) is 6.42 Å². The molecule has 2 aliphatic carbocycles. The maximum absolute atomic E-state index is 13.7. The number of alkyl halides is 1. The molecule has 8 heteroatoms. The van der Waals surface area contributed by atoms with Gasteiger partial charge in [0.2, 0.25) is 0 Å². The lowest BCUT2D eigenvalue weighted by atomic mass is 9.96. The van der Waals surface area contributed by atoms with E-state index in [-0.39, 0.29) is 29.7 Å². The summed E-state index contributed by atoms with van der Waals surface area (Å²) < 4.78 is 22.4. The molecule has 4 atom stereocenters. The van der Waals surface area contributed by atoms with Gasteiger partial charge in [0.25, 0.3) is 5.00 Å². The lowest BCUT2D eigenvalue weighted by Crippen LogP contribution is -2.38. The molecule has 6 nitrogen and oxygen atoms in total. The molecule has 0 spiro atoms. The second kappa shape index (κ2) is 5.12. The predicted molar refractivity (Wildman–Crippen MR) is 55.0 cm³/mol. The van der Waals surface area contributed by atoms with E-state index >= 15 is 0 Å². The summed E-state index contributed by atoms with van der Waals surface area (Å²) in [5.41, 5.74) is 0. The first-order chi connectivity index (χ1) is 8.45. The minimum atomic E-state index is -2.59. The van der Waals surface area contributed by atoms with Gasteiger partial charge in [-0.25, -0.2) is 9.18 Å². The van der Waals surface area contributed by atoms with Crippen LogP contribution >= 0.6 is 12.0 Å². The van der Waals surface area contributed by atoms with Crippen molar-refractivity contribution < 1.29 is 33.3 Å². The molecule has 2 saturated carbocycles. The molecule has 2 rings (SSSR count). The highest BCUT2D eigenvalue weighted by atomic mass is 32.2. The summed E-state index contributed by atoms with van der Waals surface area (Å²) >= 11 is -0.0958. The zero-order valence-electron chi connectivity index (χ0n) is 9.59. The SMILES string of the molecule is CC(F)(SOO[O-])C(=O)OC1C(=O)C2CCC1C2. The van der Waals surface area contributed by atoms with E-state index in [4.69, 9.17) is 4.74 Å². The van der Waals surface area contributed by atoms with Gasteiger partial charge in [0.05, 0.1) is 12.0 Å². The Kier molecular flexibility index (Phi) is 3.90. The van der Waals surface area contributed by atoms with Crippen molar-refractivity contribution in [3.05, 3.63) is 0 Å². The van der Waals surface area contributed by atoms with Gasteiger partial charge in [-0.15, -0.1) is 0 Å². The second-order valence-corrected chi connectivity index (χ2v) is 5.70. The van der Waals surface area contributed by atoms with Crippen molar-refractivity contribution in [2.45, 2.75) is 37.3 Å². The Morgan fingerprint density at radius 2 is 2.28 bits per heavy atom. The molecule has 0 saturated heterocycles. The number of hydrogen-bond donors (Lipinski definition) is 0. The Balaban J connectivity index is 1.93. The fourth-order valence-corrected chi connectivity index (χ4v) is 2.77. The predicted octanol–water partition coefficient (Wildman–Crippen LogP) is 0.455. The third-order valence-electron chi connectivity index (χ3n) is 3.40. The molecule has 2 fully saturated rings. The Labute approximate surface area is 107 Å². The summed E-state index contributed by atoms with van der Waals surface area (Å²) in [5, 5.41) is 9.96. The third kappa shape index (κ3) is 2.51. The number of carbonyl (C=O) groups is 2. The third-order valence-corrected chi connectivity index (χ3v) is 4.00. The van der Waals surface area contributed by atoms with Crippen molar-refractivity contribution in [1.29, 1.82) is 0 Å². The molecule has 0 N–H and O–H groups in total. The van der Waals surface area contributed by atoms with Gasteiger partial charge < -0.3 is 9.99 Å². The minimum absolute atomic E-state index is 0.0103. The molecule has 0 aromatic carbocycles. The lowest BCUT2D eigenvalue weighted by Gasteiger charge is -2.24. The Bertz CT molecular complexity index is 360. The number of ketones is 1. The van der Waals surface area contributed by atoms with Crippen LogP contribution < -0.4 is 5.26 Å². The molecule has 0 aliphatic heterocycles. The highest BCUT2D eigenvalue weighted by Crippen LogP contribution is 2.44. The van der Waals surface area contributed by atoms with Crippen molar-refractivity contribution in [1.82, 2.24) is 0 Å². The van der Waals surface area contributed by atoms with E-state index in [1.54, 1.807) is 0 Å². The van der Waals surface area contributed by atoms with Crippen molar-refractivity contribution >= 4 is 23.8 Å². The number of esters is 1. The number of Topliss-reactive ketones (excluding diaryl/α,β-unsaturated/α-hetero) is 1. The zero-order valence-corrected chi connectivity index (χ0v) is 10.4. The van der Waals surface area contributed by atoms with Crippen LogP contribution in [0.2, 0.25) is 0 Å².